The standard InChI is InChI=1S/C85H142O17P2/c1-5-9-13-17-21-25-29-33-36-38-39-41-44-47-50-54-58-62-66-70-83(88)96-76-81(102-85(90)72-68-64-60-56-52-48-42-35-31-27-23-19-15-11-7-3)78-100-104(93,94)98-74-79(86)73-97-103(91,92)99-77-80(101-84(89)71-67-63-59-55-51-45-32-28-24-20-16-12-8-4)75-95-82(87)69-65-61-57-53-49-46-43-40-37-34-30-26-22-18-14-10-6-2/h10-11,14-16,20-23,25-28,32-37,39,41-42,52,56,79-81,86H,5-9,12-13,17-19,24,29-31,38,40,43-51,53-55,57-78H2,1-4H3,(H,91,92)(H,93,94)/b14-10-,15-11-,20-16-,25-21-,26-22-,27-23-,32-28-,36-33-,37-34-,41-39-,42-35-,56-52-. The number of phosphoric ester groups is 2. The van der Waals surface area contributed by atoms with Gasteiger partial charge in [0.2, 0.25) is 0 Å². The van der Waals surface area contributed by atoms with Crippen LogP contribution in [0.15, 0.2) is 146 Å². The van der Waals surface area contributed by atoms with E-state index in [1.54, 1.807) is 0 Å². The van der Waals surface area contributed by atoms with Crippen LogP contribution in [0, 0.1) is 0 Å². The molecule has 104 heavy (non-hydrogen) atoms. The summed E-state index contributed by atoms with van der Waals surface area (Å²) in [5.41, 5.74) is 0. The Bertz CT molecular complexity index is 2540. The third kappa shape index (κ3) is 75.2. The topological polar surface area (TPSA) is 237 Å². The number of allylic oxidation sites excluding steroid dienone is 24. The Morgan fingerprint density at radius 2 is 0.519 bits per heavy atom. The highest BCUT2D eigenvalue weighted by Gasteiger charge is 2.30. The van der Waals surface area contributed by atoms with Crippen molar-refractivity contribution >= 4 is 39.5 Å². The van der Waals surface area contributed by atoms with Gasteiger partial charge in [0.15, 0.2) is 12.2 Å². The average molecular weight is 1500 g/mol. The van der Waals surface area contributed by atoms with Crippen LogP contribution in [-0.4, -0.2) is 96.7 Å². The van der Waals surface area contributed by atoms with Gasteiger partial charge < -0.3 is 33.8 Å². The molecule has 0 bridgehead atoms. The molecule has 0 aliphatic heterocycles. The van der Waals surface area contributed by atoms with Gasteiger partial charge in [0.1, 0.15) is 19.3 Å². The van der Waals surface area contributed by atoms with E-state index in [0.29, 0.717) is 32.1 Å². The number of rotatable bonds is 74. The molecule has 0 rings (SSSR count). The molecule has 0 saturated carbocycles. The second-order valence-electron chi connectivity index (χ2n) is 26.2. The van der Waals surface area contributed by atoms with E-state index in [0.717, 1.165) is 205 Å². The highest BCUT2D eigenvalue weighted by atomic mass is 31.2. The molecular weight excluding hydrogens is 1350 g/mol. The zero-order chi connectivity index (χ0) is 76.0. The maximum Gasteiger partial charge on any atom is 0.472 e. The fourth-order valence-electron chi connectivity index (χ4n) is 10.2. The fraction of sp³-hybridized carbons (Fsp3) is 0.671. The molecule has 3 N–H and O–H groups in total. The molecule has 0 spiro atoms. The van der Waals surface area contributed by atoms with Crippen molar-refractivity contribution in [2.75, 3.05) is 39.6 Å². The van der Waals surface area contributed by atoms with Gasteiger partial charge in [-0.05, 0) is 161 Å². The second-order valence-corrected chi connectivity index (χ2v) is 29.1. The summed E-state index contributed by atoms with van der Waals surface area (Å²) >= 11 is 0. The molecule has 594 valence electrons. The Morgan fingerprint density at radius 3 is 0.827 bits per heavy atom. The van der Waals surface area contributed by atoms with Crippen LogP contribution in [-0.2, 0) is 65.4 Å². The lowest BCUT2D eigenvalue weighted by Gasteiger charge is -2.21. The number of aliphatic hydroxyl groups is 1. The van der Waals surface area contributed by atoms with Crippen LogP contribution >= 0.6 is 15.6 Å². The van der Waals surface area contributed by atoms with Crippen molar-refractivity contribution in [2.45, 2.75) is 329 Å². The van der Waals surface area contributed by atoms with Crippen molar-refractivity contribution in [3.8, 4) is 0 Å². The number of carbonyl (C=O) groups excluding carboxylic acids is 4. The normalized spacial score (nSPS) is 14.6. The molecule has 0 amide bonds. The molecule has 17 nitrogen and oxygen atoms in total. The first kappa shape index (κ1) is 98.9. The van der Waals surface area contributed by atoms with E-state index in [2.05, 4.69) is 174 Å². The zero-order valence-electron chi connectivity index (χ0n) is 64.9. The van der Waals surface area contributed by atoms with Gasteiger partial charge >= 0.3 is 39.5 Å². The molecule has 0 aromatic carbocycles. The molecule has 19 heteroatoms. The number of esters is 4. The molecule has 0 radical (unpaired) electrons. The monoisotopic (exact) mass is 1500 g/mol. The number of hydrogen-bond acceptors (Lipinski definition) is 15. The Hall–Kier alpha value is -5.06. The average Bonchev–Trinajstić information content (AvgIpc) is 0.910. The molecule has 0 aliphatic rings. The van der Waals surface area contributed by atoms with Gasteiger partial charge in [0.05, 0.1) is 26.4 Å². The van der Waals surface area contributed by atoms with Gasteiger partial charge in [-0.3, -0.25) is 37.3 Å². The van der Waals surface area contributed by atoms with Gasteiger partial charge in [-0.15, -0.1) is 0 Å². The quantitative estimate of drug-likeness (QED) is 0.0169. The number of aliphatic hydroxyl groups excluding tert-OH is 1. The predicted octanol–water partition coefficient (Wildman–Crippen LogP) is 23.4. The Labute approximate surface area is 630 Å². The van der Waals surface area contributed by atoms with Crippen molar-refractivity contribution in [3.63, 3.8) is 0 Å². The third-order valence-corrected chi connectivity index (χ3v) is 18.2. The minimum absolute atomic E-state index is 0.0355. The number of hydrogen-bond donors (Lipinski definition) is 3. The first-order valence-corrected chi connectivity index (χ1v) is 43.1. The van der Waals surface area contributed by atoms with Crippen molar-refractivity contribution in [2.24, 2.45) is 0 Å². The van der Waals surface area contributed by atoms with Crippen molar-refractivity contribution in [3.05, 3.63) is 146 Å². The molecule has 5 atom stereocenters. The number of phosphoric acid groups is 2. The predicted molar refractivity (Wildman–Crippen MR) is 427 cm³/mol. The van der Waals surface area contributed by atoms with Gasteiger partial charge in [0, 0.05) is 25.7 Å². The molecule has 0 heterocycles. The first-order chi connectivity index (χ1) is 50.7. The Kier molecular flexibility index (Phi) is 72.4. The molecule has 0 fully saturated rings. The summed E-state index contributed by atoms with van der Waals surface area (Å²) in [7, 11) is -9.99. The first-order valence-electron chi connectivity index (χ1n) is 40.1. The molecule has 0 saturated heterocycles. The summed E-state index contributed by atoms with van der Waals surface area (Å²) in [6.45, 7) is 4.47. The Morgan fingerprint density at radius 1 is 0.279 bits per heavy atom. The van der Waals surface area contributed by atoms with E-state index >= 15 is 0 Å². The molecule has 5 unspecified atom stereocenters. The molecule has 0 aromatic rings. The highest BCUT2D eigenvalue weighted by Crippen LogP contribution is 2.45. The fourth-order valence-corrected chi connectivity index (χ4v) is 11.8. The van der Waals surface area contributed by atoms with Gasteiger partial charge in [-0.2, -0.15) is 0 Å². The Balaban J connectivity index is 5.40. The SMILES string of the molecule is CC/C=C\C/C=C\C/C=C\C/C=C\CCCCC(=O)OC(COC(=O)CCCCCCCC/C=C\C/C=C\C/C=C\CCCCC)COP(=O)(O)OCC(O)COP(=O)(O)OCC(COC(=O)CCCCCCCCC/C=C\C/C=C\C/C=C\CC)OC(=O)CCCCCCC/C=C\C/C=C\CCC. The van der Waals surface area contributed by atoms with Crippen LogP contribution < -0.4 is 0 Å². The van der Waals surface area contributed by atoms with E-state index in [-0.39, 0.29) is 25.7 Å². The van der Waals surface area contributed by atoms with E-state index in [4.69, 9.17) is 37.0 Å². The van der Waals surface area contributed by atoms with Crippen molar-refractivity contribution in [1.82, 2.24) is 0 Å². The maximum absolute atomic E-state index is 13.1. The summed E-state index contributed by atoms with van der Waals surface area (Å²) in [6.07, 6.45) is 86.8. The van der Waals surface area contributed by atoms with Crippen LogP contribution in [0.1, 0.15) is 310 Å². The van der Waals surface area contributed by atoms with Gasteiger partial charge in [-0.25, -0.2) is 9.13 Å². The van der Waals surface area contributed by atoms with E-state index in [1.165, 1.54) is 19.3 Å². The summed E-state index contributed by atoms with van der Waals surface area (Å²) in [5, 5.41) is 10.6. The minimum Gasteiger partial charge on any atom is -0.462 e. The smallest absolute Gasteiger partial charge is 0.462 e. The summed E-state index contributed by atoms with van der Waals surface area (Å²) in [4.78, 5) is 73.0. The largest absolute Gasteiger partial charge is 0.472 e. The van der Waals surface area contributed by atoms with Gasteiger partial charge in [0.25, 0.3) is 0 Å². The number of unbranched alkanes of at least 4 members (excludes halogenated alkanes) is 24. The molecule has 0 aromatic heterocycles. The minimum atomic E-state index is -5.00. The lowest BCUT2D eigenvalue weighted by molar-refractivity contribution is -0.161. The lowest BCUT2D eigenvalue weighted by Crippen LogP contribution is -2.30. The van der Waals surface area contributed by atoms with Crippen molar-refractivity contribution < 1.29 is 80.2 Å². The summed E-state index contributed by atoms with van der Waals surface area (Å²) in [5.74, 6) is -2.27. The summed E-state index contributed by atoms with van der Waals surface area (Å²) < 4.78 is 68.6. The molecule has 0 aliphatic carbocycles. The lowest BCUT2D eigenvalue weighted by atomic mass is 10.1. The summed E-state index contributed by atoms with van der Waals surface area (Å²) in [6, 6.07) is 0. The zero-order valence-corrected chi connectivity index (χ0v) is 66.7. The second kappa shape index (κ2) is 76.1. The van der Waals surface area contributed by atoms with E-state index in [9.17, 15) is 43.2 Å². The van der Waals surface area contributed by atoms with Crippen LogP contribution in [0.25, 0.3) is 0 Å². The van der Waals surface area contributed by atoms with Crippen molar-refractivity contribution in [1.29, 1.82) is 0 Å². The van der Waals surface area contributed by atoms with Crippen LogP contribution in [0.3, 0.4) is 0 Å². The van der Waals surface area contributed by atoms with Crippen LogP contribution in [0.5, 0.6) is 0 Å². The van der Waals surface area contributed by atoms with E-state index in [1.807, 2.05) is 0 Å². The van der Waals surface area contributed by atoms with Gasteiger partial charge in [-0.1, -0.05) is 270 Å². The highest BCUT2D eigenvalue weighted by molar-refractivity contribution is 7.47. The number of carbonyl (C=O) groups is 4. The number of ether oxygens (including phenoxy) is 4. The van der Waals surface area contributed by atoms with E-state index < -0.39 is 97.5 Å². The van der Waals surface area contributed by atoms with Crippen LogP contribution in [0.2, 0.25) is 0 Å². The van der Waals surface area contributed by atoms with Crippen LogP contribution in [0.4, 0.5) is 0 Å². The molecular formula is C85H142O17P2. The maximum atomic E-state index is 13.1. The third-order valence-electron chi connectivity index (χ3n) is 16.2.